The highest BCUT2D eigenvalue weighted by molar-refractivity contribution is 7.90. The third-order valence-electron chi connectivity index (χ3n) is 5.87. The van der Waals surface area contributed by atoms with Crippen molar-refractivity contribution >= 4 is 17.5 Å². The Morgan fingerprint density at radius 3 is 2.40 bits per heavy atom. The lowest BCUT2D eigenvalue weighted by atomic mass is 9.88. The number of hydrogen-bond acceptors (Lipinski definition) is 4. The largest absolute Gasteiger partial charge is 0.598 e. The molecule has 2 N–H and O–H groups in total. The van der Waals surface area contributed by atoms with Crippen LogP contribution in [-0.2, 0) is 16.8 Å². The molecule has 6 nitrogen and oxygen atoms in total. The lowest BCUT2D eigenvalue weighted by molar-refractivity contribution is 0.117. The van der Waals surface area contributed by atoms with Gasteiger partial charge in [0.2, 0.25) is 0 Å². The van der Waals surface area contributed by atoms with Crippen LogP contribution in [0.2, 0.25) is 0 Å². The first kappa shape index (κ1) is 25.0. The van der Waals surface area contributed by atoms with E-state index in [1.165, 1.54) is 0 Å². The standard InChI is InChI=1S/C23H39N3O3S/c1-21(2,3)17-10-12-18(24-14-17)19(25-30(29)22(4,5)6)11-9-16-13-23(7,8)26(15-16)20(27)28/h10,12,14,16,19,25H,9,11,13,15H2,1-8H3,(H,27,28)/t16-,19?,30?/m0/s1. The molecule has 1 aromatic rings. The van der Waals surface area contributed by atoms with E-state index in [0.717, 1.165) is 30.5 Å². The molecule has 0 saturated carbocycles. The SMILES string of the molecule is CC(C)(C)c1ccc(C(CC[C@@H]2CN(C(=O)O)C(C)(C)C2)N[S+]([O-])C(C)(C)C)nc1. The van der Waals surface area contributed by atoms with Crippen LogP contribution in [-0.4, -0.2) is 42.5 Å². The number of aromatic nitrogens is 1. The van der Waals surface area contributed by atoms with Crippen LogP contribution in [0.3, 0.4) is 0 Å². The topological polar surface area (TPSA) is 88.5 Å². The van der Waals surface area contributed by atoms with Gasteiger partial charge in [0, 0.05) is 29.6 Å². The molecule has 1 aliphatic rings. The van der Waals surface area contributed by atoms with Crippen molar-refractivity contribution in [1.82, 2.24) is 14.6 Å². The average Bonchev–Trinajstić information content (AvgIpc) is 2.91. The third kappa shape index (κ3) is 6.34. The maximum absolute atomic E-state index is 12.8. The second-order valence-corrected chi connectivity index (χ2v) is 13.1. The van der Waals surface area contributed by atoms with E-state index in [9.17, 15) is 14.5 Å². The Morgan fingerprint density at radius 2 is 1.97 bits per heavy atom. The van der Waals surface area contributed by atoms with Gasteiger partial charge in [-0.3, -0.25) is 4.98 Å². The molecule has 0 radical (unpaired) electrons. The molecule has 2 rings (SSSR count). The molecule has 3 atom stereocenters. The van der Waals surface area contributed by atoms with Crippen molar-refractivity contribution in [2.24, 2.45) is 5.92 Å². The molecule has 1 fully saturated rings. The van der Waals surface area contributed by atoms with Crippen molar-refractivity contribution < 1.29 is 14.5 Å². The molecular formula is C23H39N3O3S. The lowest BCUT2D eigenvalue weighted by Crippen LogP contribution is -2.41. The Kier molecular flexibility index (Phi) is 7.53. The number of carbonyl (C=O) groups is 1. The summed E-state index contributed by atoms with van der Waals surface area (Å²) in [6.07, 6.45) is 3.51. The smallest absolute Gasteiger partial charge is 0.407 e. The molecule has 1 saturated heterocycles. The minimum Gasteiger partial charge on any atom is -0.598 e. The van der Waals surface area contributed by atoms with Gasteiger partial charge < -0.3 is 14.6 Å². The van der Waals surface area contributed by atoms with Crippen molar-refractivity contribution in [3.8, 4) is 0 Å². The van der Waals surface area contributed by atoms with Gasteiger partial charge >= 0.3 is 6.09 Å². The Bertz CT molecular complexity index is 723. The van der Waals surface area contributed by atoms with Crippen LogP contribution in [0.15, 0.2) is 18.3 Å². The molecule has 0 bridgehead atoms. The molecule has 0 aliphatic carbocycles. The molecule has 170 valence electrons. The molecule has 0 spiro atoms. The summed E-state index contributed by atoms with van der Waals surface area (Å²) in [4.78, 5) is 17.8. The molecule has 30 heavy (non-hydrogen) atoms. The molecule has 2 unspecified atom stereocenters. The first-order valence-electron chi connectivity index (χ1n) is 10.8. The highest BCUT2D eigenvalue weighted by Crippen LogP contribution is 2.36. The normalized spacial score (nSPS) is 21.5. The zero-order valence-corrected chi connectivity index (χ0v) is 20.6. The first-order valence-corrected chi connectivity index (χ1v) is 11.9. The van der Waals surface area contributed by atoms with Crippen LogP contribution < -0.4 is 4.72 Å². The third-order valence-corrected chi connectivity index (χ3v) is 7.48. The van der Waals surface area contributed by atoms with Crippen molar-refractivity contribution in [3.05, 3.63) is 29.6 Å². The summed E-state index contributed by atoms with van der Waals surface area (Å²) in [5, 5.41) is 9.49. The first-order chi connectivity index (χ1) is 13.6. The van der Waals surface area contributed by atoms with Gasteiger partial charge in [0.15, 0.2) is 0 Å². The number of amides is 1. The van der Waals surface area contributed by atoms with Crippen LogP contribution >= 0.6 is 0 Å². The van der Waals surface area contributed by atoms with Gasteiger partial charge in [-0.25, -0.2) is 4.79 Å². The number of rotatable bonds is 6. The Labute approximate surface area is 185 Å². The fraction of sp³-hybridized carbons (Fsp3) is 0.739. The van der Waals surface area contributed by atoms with E-state index in [4.69, 9.17) is 4.98 Å². The van der Waals surface area contributed by atoms with Crippen molar-refractivity contribution in [2.45, 2.75) is 96.4 Å². The van der Waals surface area contributed by atoms with Crippen LogP contribution in [0.5, 0.6) is 0 Å². The Hall–Kier alpha value is -1.31. The minimum absolute atomic E-state index is 0.0262. The fourth-order valence-corrected chi connectivity index (χ4v) is 4.80. The minimum atomic E-state index is -1.22. The van der Waals surface area contributed by atoms with Gasteiger partial charge in [0.05, 0.1) is 11.7 Å². The van der Waals surface area contributed by atoms with E-state index in [1.807, 2.05) is 46.9 Å². The summed E-state index contributed by atoms with van der Waals surface area (Å²) in [5.74, 6) is 0.289. The number of carboxylic acid groups (broad SMARTS) is 1. The zero-order chi connectivity index (χ0) is 22.9. The van der Waals surface area contributed by atoms with Crippen molar-refractivity contribution in [3.63, 3.8) is 0 Å². The van der Waals surface area contributed by atoms with Crippen LogP contribution in [0.25, 0.3) is 0 Å². The highest BCUT2D eigenvalue weighted by Gasteiger charge is 2.41. The highest BCUT2D eigenvalue weighted by atomic mass is 32.2. The second kappa shape index (κ2) is 9.05. The van der Waals surface area contributed by atoms with E-state index in [-0.39, 0.29) is 27.7 Å². The summed E-state index contributed by atoms with van der Waals surface area (Å²) in [6.45, 7) is 16.8. The van der Waals surface area contributed by atoms with E-state index >= 15 is 0 Å². The summed E-state index contributed by atoms with van der Waals surface area (Å²) in [7, 11) is 0. The van der Waals surface area contributed by atoms with Crippen molar-refractivity contribution in [1.29, 1.82) is 0 Å². The second-order valence-electron chi connectivity index (χ2n) is 11.1. The van der Waals surface area contributed by atoms with Gasteiger partial charge in [-0.2, -0.15) is 0 Å². The van der Waals surface area contributed by atoms with Gasteiger partial charge in [0.1, 0.15) is 4.75 Å². The number of nitrogens with one attached hydrogen (secondary N) is 1. The molecule has 1 aromatic heterocycles. The van der Waals surface area contributed by atoms with Crippen LogP contribution in [0, 0.1) is 5.92 Å². The monoisotopic (exact) mass is 437 g/mol. The molecule has 1 aliphatic heterocycles. The summed E-state index contributed by atoms with van der Waals surface area (Å²) in [5.41, 5.74) is 1.73. The number of pyridine rings is 1. The quantitative estimate of drug-likeness (QED) is 0.609. The predicted octanol–water partition coefficient (Wildman–Crippen LogP) is 5.03. The van der Waals surface area contributed by atoms with E-state index in [0.29, 0.717) is 6.54 Å². The van der Waals surface area contributed by atoms with E-state index in [2.05, 4.69) is 31.6 Å². The fourth-order valence-electron chi connectivity index (χ4n) is 3.95. The Morgan fingerprint density at radius 1 is 1.33 bits per heavy atom. The van der Waals surface area contributed by atoms with Gasteiger partial charge in [-0.15, -0.1) is 4.72 Å². The molecule has 2 heterocycles. The summed E-state index contributed by atoms with van der Waals surface area (Å²) >= 11 is -1.22. The lowest BCUT2D eigenvalue weighted by Gasteiger charge is -2.28. The Balaban J connectivity index is 2.15. The molecule has 0 aromatic carbocycles. The summed E-state index contributed by atoms with van der Waals surface area (Å²) < 4.78 is 15.7. The maximum atomic E-state index is 12.8. The predicted molar refractivity (Wildman–Crippen MR) is 123 cm³/mol. The summed E-state index contributed by atoms with van der Waals surface area (Å²) in [6, 6.07) is 3.99. The van der Waals surface area contributed by atoms with Gasteiger partial charge in [-0.05, 0) is 76.8 Å². The average molecular weight is 438 g/mol. The number of nitrogens with zero attached hydrogens (tertiary/aromatic N) is 2. The number of hydrogen-bond donors (Lipinski definition) is 2. The zero-order valence-electron chi connectivity index (χ0n) is 19.8. The van der Waals surface area contributed by atoms with Crippen LogP contribution in [0.4, 0.5) is 4.79 Å². The number of likely N-dealkylation sites (tertiary alicyclic amines) is 1. The van der Waals surface area contributed by atoms with E-state index < -0.39 is 17.5 Å². The van der Waals surface area contributed by atoms with Crippen LogP contribution in [0.1, 0.15) is 92.0 Å². The molecular weight excluding hydrogens is 398 g/mol. The molecule has 7 heteroatoms. The van der Waals surface area contributed by atoms with Crippen molar-refractivity contribution in [2.75, 3.05) is 6.54 Å². The maximum Gasteiger partial charge on any atom is 0.407 e. The van der Waals surface area contributed by atoms with E-state index in [1.54, 1.807) is 4.90 Å². The van der Waals surface area contributed by atoms with Gasteiger partial charge in [0.25, 0.3) is 0 Å². The van der Waals surface area contributed by atoms with Gasteiger partial charge in [-0.1, -0.05) is 26.8 Å². The molecule has 1 amide bonds.